The van der Waals surface area contributed by atoms with Crippen LogP contribution in [0.15, 0.2) is 71.0 Å². The molecular weight excluding hydrogens is 400 g/mol. The van der Waals surface area contributed by atoms with Crippen molar-refractivity contribution in [2.45, 2.75) is 6.54 Å². The second-order valence-electron chi connectivity index (χ2n) is 5.23. The first-order valence-corrected chi connectivity index (χ1v) is 8.39. The standard InChI is InChI=1S/C18H18N4OS.BrH/c1-22-13-17(23-2)24-18(22)21-20-16-10-8-15(9-11-16)19-12-14-6-4-3-5-7-14;/h3-11,13H,12H2,1-2H3;1H. The van der Waals surface area contributed by atoms with Gasteiger partial charge in [0.1, 0.15) is 11.9 Å². The molecule has 0 aliphatic rings. The quantitative estimate of drug-likeness (QED) is 0.488. The number of benzene rings is 2. The third-order valence-corrected chi connectivity index (χ3v) is 4.48. The number of nitrogens with one attached hydrogen (secondary N) is 1. The number of halogens is 1. The van der Waals surface area contributed by atoms with E-state index in [0.717, 1.165) is 28.1 Å². The van der Waals surface area contributed by atoms with Gasteiger partial charge >= 0.3 is 5.13 Å². The van der Waals surface area contributed by atoms with Gasteiger partial charge in [-0.15, -0.1) is 0 Å². The van der Waals surface area contributed by atoms with Gasteiger partial charge in [-0.1, -0.05) is 30.3 Å². The molecule has 3 aromatic rings. The van der Waals surface area contributed by atoms with E-state index in [1.54, 1.807) is 7.11 Å². The van der Waals surface area contributed by atoms with E-state index in [0.29, 0.717) is 0 Å². The van der Waals surface area contributed by atoms with E-state index in [2.05, 4.69) is 27.7 Å². The van der Waals surface area contributed by atoms with Crippen LogP contribution in [0.3, 0.4) is 0 Å². The Bertz CT molecular complexity index is 819. The van der Waals surface area contributed by atoms with E-state index in [-0.39, 0.29) is 17.0 Å². The smallest absolute Gasteiger partial charge is 0.411 e. The summed E-state index contributed by atoms with van der Waals surface area (Å²) in [6.07, 6.45) is 1.88. The van der Waals surface area contributed by atoms with E-state index < -0.39 is 0 Å². The number of anilines is 1. The molecule has 5 nitrogen and oxygen atoms in total. The normalized spacial score (nSPS) is 10.5. The molecule has 3 rings (SSSR count). The van der Waals surface area contributed by atoms with E-state index in [1.807, 2.05) is 60.3 Å². The summed E-state index contributed by atoms with van der Waals surface area (Å²) in [5, 5.41) is 13.5. The molecule has 130 valence electrons. The number of azo groups is 1. The molecule has 1 heterocycles. The zero-order valence-electron chi connectivity index (χ0n) is 14.0. The van der Waals surface area contributed by atoms with Crippen molar-refractivity contribution < 1.29 is 26.3 Å². The fourth-order valence-corrected chi connectivity index (χ4v) is 2.89. The largest absolute Gasteiger partial charge is 1.00 e. The van der Waals surface area contributed by atoms with Crippen LogP contribution in [0.2, 0.25) is 0 Å². The van der Waals surface area contributed by atoms with Crippen LogP contribution in [0.4, 0.5) is 16.5 Å². The minimum absolute atomic E-state index is 0. The first-order valence-electron chi connectivity index (χ1n) is 7.57. The van der Waals surface area contributed by atoms with Crippen molar-refractivity contribution in [1.82, 2.24) is 0 Å². The monoisotopic (exact) mass is 418 g/mol. The molecule has 0 bridgehead atoms. The van der Waals surface area contributed by atoms with E-state index in [4.69, 9.17) is 4.74 Å². The molecule has 7 heteroatoms. The van der Waals surface area contributed by atoms with Crippen molar-refractivity contribution in [3.05, 3.63) is 66.4 Å². The molecule has 0 amide bonds. The maximum absolute atomic E-state index is 5.19. The van der Waals surface area contributed by atoms with Crippen molar-refractivity contribution in [1.29, 1.82) is 0 Å². The van der Waals surface area contributed by atoms with Gasteiger partial charge in [0.25, 0.3) is 0 Å². The van der Waals surface area contributed by atoms with Crippen LogP contribution in [-0.2, 0) is 13.6 Å². The fourth-order valence-electron chi connectivity index (χ4n) is 2.13. The molecule has 1 aromatic heterocycles. The first kappa shape index (κ1) is 19.1. The molecule has 0 aliphatic heterocycles. The zero-order valence-corrected chi connectivity index (χ0v) is 16.4. The summed E-state index contributed by atoms with van der Waals surface area (Å²) in [5.41, 5.74) is 3.12. The second kappa shape index (κ2) is 9.29. The highest BCUT2D eigenvalue weighted by Gasteiger charge is 2.13. The van der Waals surface area contributed by atoms with E-state index in [9.17, 15) is 0 Å². The van der Waals surface area contributed by atoms with Crippen molar-refractivity contribution >= 4 is 27.8 Å². The van der Waals surface area contributed by atoms with Crippen LogP contribution in [0, 0.1) is 0 Å². The molecule has 0 spiro atoms. The van der Waals surface area contributed by atoms with Crippen molar-refractivity contribution in [2.75, 3.05) is 12.4 Å². The van der Waals surface area contributed by atoms with Crippen LogP contribution >= 0.6 is 11.3 Å². The molecule has 2 aromatic carbocycles. The molecular formula is C18H19BrN4OS. The van der Waals surface area contributed by atoms with Gasteiger partial charge in [0.15, 0.2) is 0 Å². The molecule has 0 atom stereocenters. The predicted molar refractivity (Wildman–Crippen MR) is 96.4 cm³/mol. The molecule has 0 aliphatic carbocycles. The molecule has 0 radical (unpaired) electrons. The van der Waals surface area contributed by atoms with E-state index in [1.165, 1.54) is 16.9 Å². The third kappa shape index (κ3) is 5.37. The van der Waals surface area contributed by atoms with E-state index >= 15 is 0 Å². The lowest BCUT2D eigenvalue weighted by molar-refractivity contribution is -0.654. The summed E-state index contributed by atoms with van der Waals surface area (Å²) >= 11 is 1.46. The Hall–Kier alpha value is -2.25. The van der Waals surface area contributed by atoms with Gasteiger partial charge in [0.05, 0.1) is 19.3 Å². The molecule has 1 N–H and O–H groups in total. The maximum Gasteiger partial charge on any atom is 0.411 e. The lowest BCUT2D eigenvalue weighted by atomic mass is 10.2. The number of hydrogen-bond acceptors (Lipinski definition) is 5. The fraction of sp³-hybridized carbons (Fsp3) is 0.167. The average molecular weight is 419 g/mol. The molecule has 0 saturated carbocycles. The van der Waals surface area contributed by atoms with Crippen LogP contribution < -0.4 is 31.6 Å². The van der Waals surface area contributed by atoms with Gasteiger partial charge in [-0.3, -0.25) is 0 Å². The third-order valence-electron chi connectivity index (χ3n) is 3.45. The van der Waals surface area contributed by atoms with Crippen LogP contribution in [0.1, 0.15) is 5.56 Å². The number of nitrogens with zero attached hydrogens (tertiary/aromatic N) is 3. The van der Waals surface area contributed by atoms with Crippen molar-refractivity contribution in [2.24, 2.45) is 17.3 Å². The van der Waals surface area contributed by atoms with Crippen LogP contribution in [0.25, 0.3) is 0 Å². The molecule has 0 fully saturated rings. The lowest BCUT2D eigenvalue weighted by Gasteiger charge is -2.05. The van der Waals surface area contributed by atoms with Crippen LogP contribution in [0.5, 0.6) is 5.06 Å². The lowest BCUT2D eigenvalue weighted by Crippen LogP contribution is -3.00. The number of hydrogen-bond donors (Lipinski definition) is 1. The number of thiazole rings is 1. The molecule has 0 saturated heterocycles. The van der Waals surface area contributed by atoms with Crippen molar-refractivity contribution in [3.8, 4) is 5.06 Å². The summed E-state index contributed by atoms with van der Waals surface area (Å²) in [6, 6.07) is 18.2. The SMILES string of the molecule is COc1c[n+](C)c(N=Nc2ccc(NCc3ccccc3)cc2)s1.[Br-]. The Kier molecular flexibility index (Phi) is 7.09. The number of ether oxygens (including phenoxy) is 1. The Morgan fingerprint density at radius 2 is 1.76 bits per heavy atom. The summed E-state index contributed by atoms with van der Waals surface area (Å²) in [5.74, 6) is 0. The highest BCUT2D eigenvalue weighted by atomic mass is 79.9. The highest BCUT2D eigenvalue weighted by Crippen LogP contribution is 2.27. The molecule has 0 unspecified atom stereocenters. The summed E-state index contributed by atoms with van der Waals surface area (Å²) in [7, 11) is 3.57. The van der Waals surface area contributed by atoms with Gasteiger partial charge in [-0.05, 0) is 46.3 Å². The predicted octanol–water partition coefficient (Wildman–Crippen LogP) is 1.61. The Labute approximate surface area is 161 Å². The zero-order chi connectivity index (χ0) is 16.8. The Balaban J connectivity index is 0.00000225. The van der Waals surface area contributed by atoms with Gasteiger partial charge in [-0.25, -0.2) is 4.57 Å². The highest BCUT2D eigenvalue weighted by molar-refractivity contribution is 7.16. The Morgan fingerprint density at radius 1 is 1.04 bits per heavy atom. The maximum atomic E-state index is 5.19. The van der Waals surface area contributed by atoms with Gasteiger partial charge in [-0.2, -0.15) is 0 Å². The van der Waals surface area contributed by atoms with Crippen LogP contribution in [-0.4, -0.2) is 7.11 Å². The summed E-state index contributed by atoms with van der Waals surface area (Å²) in [4.78, 5) is 0. The Morgan fingerprint density at radius 3 is 2.40 bits per heavy atom. The van der Waals surface area contributed by atoms with Gasteiger partial charge in [0, 0.05) is 12.2 Å². The summed E-state index contributed by atoms with van der Waals surface area (Å²) < 4.78 is 7.09. The number of aromatic nitrogens is 1. The average Bonchev–Trinajstić information content (AvgIpc) is 3.00. The summed E-state index contributed by atoms with van der Waals surface area (Å²) in [6.45, 7) is 0.798. The second-order valence-corrected chi connectivity index (χ2v) is 6.21. The number of methoxy groups -OCH3 is 1. The first-order chi connectivity index (χ1) is 11.7. The topological polar surface area (TPSA) is 49.9 Å². The van der Waals surface area contributed by atoms with Crippen molar-refractivity contribution in [3.63, 3.8) is 0 Å². The minimum atomic E-state index is 0. The van der Waals surface area contributed by atoms with Gasteiger partial charge < -0.3 is 27.0 Å². The number of aryl methyl sites for hydroxylation is 1. The minimum Gasteiger partial charge on any atom is -1.00 e. The number of rotatable bonds is 6. The van der Waals surface area contributed by atoms with Gasteiger partial charge in [0.2, 0.25) is 5.06 Å². The molecule has 25 heavy (non-hydrogen) atoms.